The van der Waals surface area contributed by atoms with Gasteiger partial charge in [0, 0.05) is 13.1 Å². The zero-order valence-corrected chi connectivity index (χ0v) is 17.2. The quantitative estimate of drug-likeness (QED) is 0.659. The fraction of sp³-hybridized carbons (Fsp3) is 0.273. The summed E-state index contributed by atoms with van der Waals surface area (Å²) < 4.78 is 1.66. The Hall–Kier alpha value is -2.63. The number of benzene rings is 2. The second-order valence-corrected chi connectivity index (χ2v) is 7.49. The van der Waals surface area contributed by atoms with Crippen molar-refractivity contribution in [2.45, 2.75) is 26.6 Å². The first-order chi connectivity index (χ1) is 13.4. The molecule has 0 saturated heterocycles. The fourth-order valence-electron chi connectivity index (χ4n) is 3.07. The van der Waals surface area contributed by atoms with E-state index in [0.29, 0.717) is 29.5 Å². The molecule has 0 aliphatic heterocycles. The van der Waals surface area contributed by atoms with Gasteiger partial charge in [-0.15, -0.1) is 0 Å². The van der Waals surface area contributed by atoms with Crippen LogP contribution in [-0.2, 0) is 19.6 Å². The zero-order valence-electron chi connectivity index (χ0n) is 16.4. The van der Waals surface area contributed by atoms with Gasteiger partial charge in [-0.05, 0) is 37.7 Å². The standard InChI is InChI=1S/C22H25ClN4O/c1-16-20(21(23)27(25-16)15-18-7-5-4-6-8-18)22(28)24-13-17-9-11-19(12-10-17)14-26(2)3/h4-12H,13-15H2,1-3H3,(H,24,28). The Morgan fingerprint density at radius 3 is 2.32 bits per heavy atom. The lowest BCUT2D eigenvalue weighted by Gasteiger charge is -2.10. The predicted octanol–water partition coefficient (Wildman–Crippen LogP) is 3.88. The molecule has 1 heterocycles. The van der Waals surface area contributed by atoms with Crippen LogP contribution in [0.1, 0.15) is 32.7 Å². The Labute approximate surface area is 170 Å². The van der Waals surface area contributed by atoms with Crippen molar-refractivity contribution in [1.82, 2.24) is 20.0 Å². The molecule has 0 bridgehead atoms. The van der Waals surface area contributed by atoms with Gasteiger partial charge in [-0.2, -0.15) is 5.10 Å². The van der Waals surface area contributed by atoms with Crippen molar-refractivity contribution in [2.75, 3.05) is 14.1 Å². The first-order valence-electron chi connectivity index (χ1n) is 9.21. The predicted molar refractivity (Wildman–Crippen MR) is 113 cm³/mol. The summed E-state index contributed by atoms with van der Waals surface area (Å²) in [6, 6.07) is 18.1. The Bertz CT molecular complexity index is 933. The molecule has 0 atom stereocenters. The largest absolute Gasteiger partial charge is 0.348 e. The molecule has 1 aromatic heterocycles. The average Bonchev–Trinajstić information content (AvgIpc) is 2.94. The van der Waals surface area contributed by atoms with E-state index in [4.69, 9.17) is 11.6 Å². The van der Waals surface area contributed by atoms with Crippen molar-refractivity contribution in [3.63, 3.8) is 0 Å². The molecule has 6 heteroatoms. The molecule has 28 heavy (non-hydrogen) atoms. The summed E-state index contributed by atoms with van der Waals surface area (Å²) in [6.45, 7) is 3.67. The maximum atomic E-state index is 12.7. The van der Waals surface area contributed by atoms with E-state index in [1.807, 2.05) is 56.6 Å². The van der Waals surface area contributed by atoms with Crippen molar-refractivity contribution in [3.8, 4) is 0 Å². The highest BCUT2D eigenvalue weighted by Gasteiger charge is 2.20. The third-order valence-corrected chi connectivity index (χ3v) is 4.83. The van der Waals surface area contributed by atoms with Gasteiger partial charge in [-0.3, -0.25) is 4.79 Å². The zero-order chi connectivity index (χ0) is 20.1. The summed E-state index contributed by atoms with van der Waals surface area (Å²) in [4.78, 5) is 14.8. The number of carbonyl (C=O) groups excluding carboxylic acids is 1. The van der Waals surface area contributed by atoms with Gasteiger partial charge < -0.3 is 10.2 Å². The van der Waals surface area contributed by atoms with Gasteiger partial charge in [0.15, 0.2) is 0 Å². The van der Waals surface area contributed by atoms with E-state index in [2.05, 4.69) is 27.4 Å². The Morgan fingerprint density at radius 2 is 1.68 bits per heavy atom. The summed E-state index contributed by atoms with van der Waals surface area (Å²) in [6.07, 6.45) is 0. The molecule has 0 aliphatic carbocycles. The van der Waals surface area contributed by atoms with Gasteiger partial charge in [0.1, 0.15) is 5.15 Å². The number of rotatable bonds is 7. The van der Waals surface area contributed by atoms with Gasteiger partial charge in [0.25, 0.3) is 5.91 Å². The molecule has 1 amide bonds. The van der Waals surface area contributed by atoms with E-state index < -0.39 is 0 Å². The smallest absolute Gasteiger partial charge is 0.256 e. The van der Waals surface area contributed by atoms with Crippen LogP contribution >= 0.6 is 11.6 Å². The number of nitrogens with zero attached hydrogens (tertiary/aromatic N) is 3. The summed E-state index contributed by atoms with van der Waals surface area (Å²) in [5.74, 6) is -0.209. The van der Waals surface area contributed by atoms with Crippen molar-refractivity contribution < 1.29 is 4.79 Å². The van der Waals surface area contributed by atoms with Crippen LogP contribution in [-0.4, -0.2) is 34.7 Å². The van der Waals surface area contributed by atoms with Crippen LogP contribution in [0.4, 0.5) is 0 Å². The molecule has 0 aliphatic rings. The maximum Gasteiger partial charge on any atom is 0.256 e. The minimum Gasteiger partial charge on any atom is -0.348 e. The second-order valence-electron chi connectivity index (χ2n) is 7.13. The van der Waals surface area contributed by atoms with E-state index in [0.717, 1.165) is 17.7 Å². The van der Waals surface area contributed by atoms with E-state index in [1.165, 1.54) is 5.56 Å². The molecule has 0 fully saturated rings. The van der Waals surface area contributed by atoms with E-state index in [9.17, 15) is 4.79 Å². The van der Waals surface area contributed by atoms with Crippen molar-refractivity contribution in [3.05, 3.63) is 87.7 Å². The number of halogens is 1. The van der Waals surface area contributed by atoms with Gasteiger partial charge >= 0.3 is 0 Å². The molecular formula is C22H25ClN4O. The van der Waals surface area contributed by atoms with Crippen molar-refractivity contribution in [2.24, 2.45) is 0 Å². The van der Waals surface area contributed by atoms with Crippen LogP contribution in [0.5, 0.6) is 0 Å². The molecule has 3 aromatic rings. The third kappa shape index (κ3) is 5.00. The van der Waals surface area contributed by atoms with Crippen LogP contribution in [0.3, 0.4) is 0 Å². The van der Waals surface area contributed by atoms with Crippen LogP contribution in [0.2, 0.25) is 5.15 Å². The molecule has 2 aromatic carbocycles. The van der Waals surface area contributed by atoms with E-state index in [1.54, 1.807) is 11.6 Å². The number of hydrogen-bond donors (Lipinski definition) is 1. The molecular weight excluding hydrogens is 372 g/mol. The van der Waals surface area contributed by atoms with Crippen LogP contribution in [0.25, 0.3) is 0 Å². The van der Waals surface area contributed by atoms with Crippen molar-refractivity contribution >= 4 is 17.5 Å². The topological polar surface area (TPSA) is 50.2 Å². The lowest BCUT2D eigenvalue weighted by molar-refractivity contribution is 0.0950. The normalized spacial score (nSPS) is 11.0. The van der Waals surface area contributed by atoms with E-state index in [-0.39, 0.29) is 5.91 Å². The molecule has 0 spiro atoms. The number of nitrogens with one attached hydrogen (secondary N) is 1. The highest BCUT2D eigenvalue weighted by Crippen LogP contribution is 2.21. The maximum absolute atomic E-state index is 12.7. The van der Waals surface area contributed by atoms with Gasteiger partial charge in [0.05, 0.1) is 17.8 Å². The summed E-state index contributed by atoms with van der Waals surface area (Å²) in [7, 11) is 4.08. The fourth-order valence-corrected chi connectivity index (χ4v) is 3.39. The Morgan fingerprint density at radius 1 is 1.04 bits per heavy atom. The van der Waals surface area contributed by atoms with E-state index >= 15 is 0 Å². The van der Waals surface area contributed by atoms with Crippen LogP contribution in [0.15, 0.2) is 54.6 Å². The summed E-state index contributed by atoms with van der Waals surface area (Å²) in [5.41, 5.74) is 4.42. The first-order valence-corrected chi connectivity index (χ1v) is 9.59. The summed E-state index contributed by atoms with van der Waals surface area (Å²) in [5, 5.41) is 7.75. The first kappa shape index (κ1) is 20.1. The Kier molecular flexibility index (Phi) is 6.49. The highest BCUT2D eigenvalue weighted by molar-refractivity contribution is 6.33. The minimum absolute atomic E-state index is 0.209. The molecule has 0 radical (unpaired) electrons. The SMILES string of the molecule is Cc1nn(Cc2ccccc2)c(Cl)c1C(=O)NCc1ccc(CN(C)C)cc1. The molecule has 3 rings (SSSR count). The number of carbonyl (C=O) groups is 1. The third-order valence-electron chi connectivity index (χ3n) is 4.44. The van der Waals surface area contributed by atoms with Gasteiger partial charge in [-0.25, -0.2) is 4.68 Å². The number of aromatic nitrogens is 2. The number of amides is 1. The molecule has 0 unspecified atom stereocenters. The highest BCUT2D eigenvalue weighted by atomic mass is 35.5. The van der Waals surface area contributed by atoms with Crippen molar-refractivity contribution in [1.29, 1.82) is 0 Å². The van der Waals surface area contributed by atoms with Crippen LogP contribution < -0.4 is 5.32 Å². The monoisotopic (exact) mass is 396 g/mol. The molecule has 0 saturated carbocycles. The lowest BCUT2D eigenvalue weighted by Crippen LogP contribution is -2.23. The lowest BCUT2D eigenvalue weighted by atomic mass is 10.1. The molecule has 5 nitrogen and oxygen atoms in total. The van der Waals surface area contributed by atoms with Gasteiger partial charge in [0.2, 0.25) is 0 Å². The summed E-state index contributed by atoms with van der Waals surface area (Å²) >= 11 is 6.46. The second kappa shape index (κ2) is 9.04. The average molecular weight is 397 g/mol. The number of hydrogen-bond acceptors (Lipinski definition) is 3. The van der Waals surface area contributed by atoms with Crippen LogP contribution in [0, 0.1) is 6.92 Å². The Balaban J connectivity index is 1.66. The number of aryl methyl sites for hydroxylation is 1. The molecule has 1 N–H and O–H groups in total. The van der Waals surface area contributed by atoms with Gasteiger partial charge in [-0.1, -0.05) is 66.2 Å². The molecule has 146 valence electrons. The minimum atomic E-state index is -0.209.